The SMILES string of the molecule is CC(=O)Oc1ccc2c(c1)C(=O)c1cnccc1C2=O. The summed E-state index contributed by atoms with van der Waals surface area (Å²) in [5, 5.41) is 0. The van der Waals surface area contributed by atoms with Crippen LogP contribution in [0.3, 0.4) is 0 Å². The largest absolute Gasteiger partial charge is 0.427 e. The highest BCUT2D eigenvalue weighted by Crippen LogP contribution is 2.29. The van der Waals surface area contributed by atoms with E-state index in [9.17, 15) is 14.4 Å². The highest BCUT2D eigenvalue weighted by Gasteiger charge is 2.30. The molecule has 1 aliphatic rings. The van der Waals surface area contributed by atoms with Crippen LogP contribution < -0.4 is 4.74 Å². The fourth-order valence-corrected chi connectivity index (χ4v) is 2.20. The molecule has 1 aromatic carbocycles. The van der Waals surface area contributed by atoms with E-state index in [-0.39, 0.29) is 28.4 Å². The van der Waals surface area contributed by atoms with Crippen molar-refractivity contribution >= 4 is 17.5 Å². The second-order valence-electron chi connectivity index (χ2n) is 4.38. The van der Waals surface area contributed by atoms with Gasteiger partial charge in [0.1, 0.15) is 5.75 Å². The Labute approximate surface area is 114 Å². The van der Waals surface area contributed by atoms with Crippen molar-refractivity contribution in [3.05, 3.63) is 58.9 Å². The molecule has 0 radical (unpaired) electrons. The summed E-state index contributed by atoms with van der Waals surface area (Å²) < 4.78 is 4.93. The topological polar surface area (TPSA) is 73.3 Å². The molecule has 1 heterocycles. The number of carbonyl (C=O) groups is 3. The van der Waals surface area contributed by atoms with Crippen LogP contribution in [0.15, 0.2) is 36.7 Å². The maximum Gasteiger partial charge on any atom is 0.308 e. The highest BCUT2D eigenvalue weighted by atomic mass is 16.5. The molecule has 0 bridgehead atoms. The van der Waals surface area contributed by atoms with Gasteiger partial charge in [0.05, 0.1) is 5.56 Å². The predicted octanol–water partition coefficient (Wildman–Crippen LogP) is 1.78. The predicted molar refractivity (Wildman–Crippen MR) is 68.9 cm³/mol. The molecule has 5 heteroatoms. The van der Waals surface area contributed by atoms with Gasteiger partial charge in [0.25, 0.3) is 0 Å². The van der Waals surface area contributed by atoms with Gasteiger partial charge >= 0.3 is 5.97 Å². The van der Waals surface area contributed by atoms with Crippen LogP contribution in [0.4, 0.5) is 0 Å². The molecule has 1 aromatic heterocycles. The van der Waals surface area contributed by atoms with Gasteiger partial charge < -0.3 is 4.74 Å². The zero-order valence-electron chi connectivity index (χ0n) is 10.5. The van der Waals surface area contributed by atoms with E-state index >= 15 is 0 Å². The van der Waals surface area contributed by atoms with E-state index in [1.165, 1.54) is 43.6 Å². The Morgan fingerprint density at radius 1 is 1.00 bits per heavy atom. The van der Waals surface area contributed by atoms with Gasteiger partial charge in [-0.25, -0.2) is 0 Å². The average molecular weight is 267 g/mol. The molecule has 0 N–H and O–H groups in total. The Hall–Kier alpha value is -2.82. The summed E-state index contributed by atoms with van der Waals surface area (Å²) in [6.45, 7) is 1.27. The monoisotopic (exact) mass is 267 g/mol. The van der Waals surface area contributed by atoms with E-state index in [2.05, 4.69) is 4.98 Å². The summed E-state index contributed by atoms with van der Waals surface area (Å²) in [4.78, 5) is 39.5. The summed E-state index contributed by atoms with van der Waals surface area (Å²) in [7, 11) is 0. The molecule has 0 saturated heterocycles. The first kappa shape index (κ1) is 12.2. The summed E-state index contributed by atoms with van der Waals surface area (Å²) in [6, 6.07) is 5.93. The summed E-state index contributed by atoms with van der Waals surface area (Å²) in [5.74, 6) is -0.769. The summed E-state index contributed by atoms with van der Waals surface area (Å²) in [5.41, 5.74) is 1.15. The number of rotatable bonds is 1. The Balaban J connectivity index is 2.16. The van der Waals surface area contributed by atoms with E-state index < -0.39 is 5.97 Å². The molecule has 0 saturated carbocycles. The third-order valence-corrected chi connectivity index (χ3v) is 3.05. The molecule has 0 amide bonds. The molecular formula is C15H9NO4. The van der Waals surface area contributed by atoms with Crippen molar-refractivity contribution in [2.24, 2.45) is 0 Å². The Morgan fingerprint density at radius 3 is 2.45 bits per heavy atom. The molecule has 2 aromatic rings. The number of aromatic nitrogens is 1. The van der Waals surface area contributed by atoms with Crippen LogP contribution in [0.25, 0.3) is 0 Å². The van der Waals surface area contributed by atoms with Gasteiger partial charge in [0.2, 0.25) is 0 Å². The van der Waals surface area contributed by atoms with Crippen LogP contribution in [0.2, 0.25) is 0 Å². The lowest BCUT2D eigenvalue weighted by Crippen LogP contribution is -2.21. The van der Waals surface area contributed by atoms with Crippen molar-refractivity contribution in [3.63, 3.8) is 0 Å². The fourth-order valence-electron chi connectivity index (χ4n) is 2.20. The Kier molecular flexibility index (Phi) is 2.68. The molecule has 1 aliphatic carbocycles. The summed E-state index contributed by atoms with van der Waals surface area (Å²) >= 11 is 0. The van der Waals surface area contributed by atoms with Crippen LogP contribution in [0, 0.1) is 0 Å². The van der Waals surface area contributed by atoms with Gasteiger partial charge in [-0.3, -0.25) is 19.4 Å². The Morgan fingerprint density at radius 2 is 1.70 bits per heavy atom. The number of ketones is 2. The number of carbonyl (C=O) groups excluding carboxylic acids is 3. The van der Waals surface area contributed by atoms with Crippen LogP contribution in [0.1, 0.15) is 38.8 Å². The van der Waals surface area contributed by atoms with Crippen LogP contribution in [-0.4, -0.2) is 22.5 Å². The van der Waals surface area contributed by atoms with Gasteiger partial charge in [-0.2, -0.15) is 0 Å². The lowest BCUT2D eigenvalue weighted by Gasteiger charge is -2.17. The number of hydrogen-bond donors (Lipinski definition) is 0. The summed E-state index contributed by atoms with van der Waals surface area (Å²) in [6.07, 6.45) is 2.85. The van der Waals surface area contributed by atoms with Crippen LogP contribution in [0.5, 0.6) is 5.75 Å². The van der Waals surface area contributed by atoms with Crippen molar-refractivity contribution in [2.45, 2.75) is 6.92 Å². The lowest BCUT2D eigenvalue weighted by molar-refractivity contribution is -0.131. The lowest BCUT2D eigenvalue weighted by atomic mass is 9.85. The maximum atomic E-state index is 12.4. The molecule has 0 unspecified atom stereocenters. The molecule has 20 heavy (non-hydrogen) atoms. The molecule has 98 valence electrons. The van der Waals surface area contributed by atoms with Crippen LogP contribution in [-0.2, 0) is 4.79 Å². The number of nitrogens with zero attached hydrogens (tertiary/aromatic N) is 1. The minimum atomic E-state index is -0.485. The van der Waals surface area contributed by atoms with E-state index in [0.717, 1.165) is 0 Å². The van der Waals surface area contributed by atoms with Crippen LogP contribution >= 0.6 is 0 Å². The third kappa shape index (κ3) is 1.80. The highest BCUT2D eigenvalue weighted by molar-refractivity contribution is 6.28. The number of hydrogen-bond acceptors (Lipinski definition) is 5. The zero-order chi connectivity index (χ0) is 14.3. The number of pyridine rings is 1. The average Bonchev–Trinajstić information content (AvgIpc) is 2.44. The van der Waals surface area contributed by atoms with Gasteiger partial charge in [-0.1, -0.05) is 0 Å². The van der Waals surface area contributed by atoms with Crippen molar-refractivity contribution in [3.8, 4) is 5.75 Å². The number of benzene rings is 1. The van der Waals surface area contributed by atoms with Crippen molar-refractivity contribution in [1.82, 2.24) is 4.98 Å². The molecule has 0 atom stereocenters. The first-order valence-electron chi connectivity index (χ1n) is 5.94. The second-order valence-corrected chi connectivity index (χ2v) is 4.38. The maximum absolute atomic E-state index is 12.4. The van der Waals surface area contributed by atoms with Crippen molar-refractivity contribution < 1.29 is 19.1 Å². The molecule has 0 fully saturated rings. The van der Waals surface area contributed by atoms with Crippen molar-refractivity contribution in [1.29, 1.82) is 0 Å². The zero-order valence-corrected chi connectivity index (χ0v) is 10.5. The van der Waals surface area contributed by atoms with Gasteiger partial charge in [-0.15, -0.1) is 0 Å². The minimum absolute atomic E-state index is 0.230. The van der Waals surface area contributed by atoms with Crippen molar-refractivity contribution in [2.75, 3.05) is 0 Å². The standard InChI is InChI=1S/C15H9NO4/c1-8(17)20-9-2-3-10-12(6-9)15(19)13-7-16-5-4-11(13)14(10)18/h2-7H,1H3. The number of ether oxygens (including phenoxy) is 1. The smallest absolute Gasteiger partial charge is 0.308 e. The first-order valence-corrected chi connectivity index (χ1v) is 5.94. The van der Waals surface area contributed by atoms with E-state index in [0.29, 0.717) is 11.1 Å². The van der Waals surface area contributed by atoms with Gasteiger partial charge in [0, 0.05) is 36.0 Å². The number of esters is 1. The quantitative estimate of drug-likeness (QED) is 0.496. The van der Waals surface area contributed by atoms with Gasteiger partial charge in [0.15, 0.2) is 11.6 Å². The second kappa shape index (κ2) is 4.38. The normalized spacial score (nSPS) is 12.7. The Bertz CT molecular complexity index is 764. The molecule has 0 aliphatic heterocycles. The fraction of sp³-hybridized carbons (Fsp3) is 0.0667. The molecule has 3 rings (SSSR count). The van der Waals surface area contributed by atoms with E-state index in [1.807, 2.05) is 0 Å². The molecular weight excluding hydrogens is 258 g/mol. The van der Waals surface area contributed by atoms with E-state index in [1.54, 1.807) is 0 Å². The first-order chi connectivity index (χ1) is 9.58. The minimum Gasteiger partial charge on any atom is -0.427 e. The number of fused-ring (bicyclic) bond motifs is 2. The molecule has 0 spiro atoms. The van der Waals surface area contributed by atoms with Gasteiger partial charge in [-0.05, 0) is 24.3 Å². The third-order valence-electron chi connectivity index (χ3n) is 3.05. The molecule has 5 nitrogen and oxygen atoms in total. The van der Waals surface area contributed by atoms with E-state index in [4.69, 9.17) is 4.74 Å².